The standard InChI is InChI=1S/C23H23N3O5S/c1-3-31-20-10-14(4-9-19(20)27)17-11-21(28)26-23(18(17)12-24)32-13-22(29)25-15-5-7-16(30-2)8-6-15/h4-10,17,27H,3,11,13H2,1-2H3,(H,25,29)(H,26,28). The minimum atomic E-state index is -0.499. The smallest absolute Gasteiger partial charge is 0.234 e. The third-order valence-corrected chi connectivity index (χ3v) is 5.78. The van der Waals surface area contributed by atoms with Crippen LogP contribution in [0.5, 0.6) is 17.2 Å². The molecule has 8 nitrogen and oxygen atoms in total. The first kappa shape index (κ1) is 23.0. The zero-order valence-corrected chi connectivity index (χ0v) is 18.5. The summed E-state index contributed by atoms with van der Waals surface area (Å²) in [6.45, 7) is 2.17. The Labute approximate surface area is 190 Å². The SMILES string of the molecule is CCOc1cc(C2CC(=O)NC(SCC(=O)Nc3ccc(OC)cc3)=C2C#N)ccc1O. The molecule has 0 fully saturated rings. The number of nitrogens with zero attached hydrogens (tertiary/aromatic N) is 1. The van der Waals surface area contributed by atoms with Crippen molar-refractivity contribution in [2.75, 3.05) is 24.8 Å². The number of phenols is 1. The number of anilines is 1. The van der Waals surface area contributed by atoms with Gasteiger partial charge >= 0.3 is 0 Å². The molecule has 32 heavy (non-hydrogen) atoms. The van der Waals surface area contributed by atoms with E-state index in [2.05, 4.69) is 16.7 Å². The summed E-state index contributed by atoms with van der Waals surface area (Å²) in [6, 6.07) is 13.9. The van der Waals surface area contributed by atoms with Crippen LogP contribution in [0.3, 0.4) is 0 Å². The Morgan fingerprint density at radius 2 is 2.06 bits per heavy atom. The van der Waals surface area contributed by atoms with E-state index in [1.807, 2.05) is 0 Å². The van der Waals surface area contributed by atoms with Crippen molar-refractivity contribution in [3.63, 3.8) is 0 Å². The highest BCUT2D eigenvalue weighted by atomic mass is 32.2. The molecule has 0 spiro atoms. The van der Waals surface area contributed by atoms with Crippen LogP contribution in [0.4, 0.5) is 5.69 Å². The van der Waals surface area contributed by atoms with Crippen molar-refractivity contribution >= 4 is 29.3 Å². The fourth-order valence-corrected chi connectivity index (χ4v) is 4.12. The number of allylic oxidation sites excluding steroid dienone is 1. The van der Waals surface area contributed by atoms with Gasteiger partial charge in [-0.2, -0.15) is 5.26 Å². The number of hydrogen-bond donors (Lipinski definition) is 3. The fraction of sp³-hybridized carbons (Fsp3) is 0.261. The lowest BCUT2D eigenvalue weighted by Gasteiger charge is -2.25. The maximum absolute atomic E-state index is 12.4. The van der Waals surface area contributed by atoms with E-state index in [4.69, 9.17) is 9.47 Å². The maximum atomic E-state index is 12.4. The molecule has 1 heterocycles. The van der Waals surface area contributed by atoms with Gasteiger partial charge in [-0.05, 0) is 48.9 Å². The molecule has 1 aliphatic heterocycles. The molecule has 9 heteroatoms. The molecule has 0 saturated heterocycles. The van der Waals surface area contributed by atoms with Crippen LogP contribution in [-0.4, -0.2) is 36.4 Å². The average Bonchev–Trinajstić information content (AvgIpc) is 2.79. The zero-order chi connectivity index (χ0) is 23.1. The number of ether oxygens (including phenoxy) is 2. The number of amides is 2. The Bertz CT molecular complexity index is 1080. The zero-order valence-electron chi connectivity index (χ0n) is 17.7. The molecule has 2 aromatic rings. The highest BCUT2D eigenvalue weighted by Crippen LogP contribution is 2.39. The summed E-state index contributed by atoms with van der Waals surface area (Å²) in [6.07, 6.45) is 0.0847. The molecule has 166 valence electrons. The van der Waals surface area contributed by atoms with Crippen molar-refractivity contribution < 1.29 is 24.2 Å². The summed E-state index contributed by atoms with van der Waals surface area (Å²) in [5.41, 5.74) is 1.66. The van der Waals surface area contributed by atoms with Crippen molar-refractivity contribution in [2.24, 2.45) is 0 Å². The molecule has 3 N–H and O–H groups in total. The summed E-state index contributed by atoms with van der Waals surface area (Å²) in [5, 5.41) is 25.6. The highest BCUT2D eigenvalue weighted by molar-refractivity contribution is 8.03. The Hall–Kier alpha value is -3.64. The second-order valence-corrected chi connectivity index (χ2v) is 7.87. The largest absolute Gasteiger partial charge is 0.504 e. The number of hydrogen-bond acceptors (Lipinski definition) is 7. The van der Waals surface area contributed by atoms with E-state index in [0.717, 1.165) is 11.8 Å². The third kappa shape index (κ3) is 5.53. The van der Waals surface area contributed by atoms with Gasteiger partial charge in [0, 0.05) is 18.0 Å². The number of rotatable bonds is 8. The van der Waals surface area contributed by atoms with Crippen LogP contribution >= 0.6 is 11.8 Å². The predicted molar refractivity (Wildman–Crippen MR) is 121 cm³/mol. The topological polar surface area (TPSA) is 121 Å². The van der Waals surface area contributed by atoms with E-state index >= 15 is 0 Å². The van der Waals surface area contributed by atoms with Gasteiger partial charge in [0.25, 0.3) is 0 Å². The van der Waals surface area contributed by atoms with E-state index in [-0.39, 0.29) is 29.7 Å². The molecule has 1 unspecified atom stereocenters. The van der Waals surface area contributed by atoms with Crippen molar-refractivity contribution in [1.29, 1.82) is 5.26 Å². The molecular weight excluding hydrogens is 430 g/mol. The predicted octanol–water partition coefficient (Wildman–Crippen LogP) is 3.51. The molecule has 1 atom stereocenters. The Kier molecular flexibility index (Phi) is 7.63. The van der Waals surface area contributed by atoms with E-state index in [1.165, 1.54) is 6.07 Å². The van der Waals surface area contributed by atoms with Crippen LogP contribution in [0.15, 0.2) is 53.1 Å². The normalized spacial score (nSPS) is 15.5. The van der Waals surface area contributed by atoms with Crippen molar-refractivity contribution in [3.8, 4) is 23.3 Å². The first-order valence-corrected chi connectivity index (χ1v) is 10.9. The molecule has 2 amide bonds. The second-order valence-electron chi connectivity index (χ2n) is 6.89. The molecule has 0 bridgehead atoms. The van der Waals surface area contributed by atoms with Crippen LogP contribution in [0.25, 0.3) is 0 Å². The number of methoxy groups -OCH3 is 1. The van der Waals surface area contributed by atoms with Gasteiger partial charge in [-0.15, -0.1) is 0 Å². The summed E-state index contributed by atoms with van der Waals surface area (Å²) >= 11 is 1.09. The summed E-state index contributed by atoms with van der Waals surface area (Å²) < 4.78 is 10.5. The van der Waals surface area contributed by atoms with Crippen molar-refractivity contribution in [1.82, 2.24) is 5.32 Å². The van der Waals surface area contributed by atoms with Crippen molar-refractivity contribution in [3.05, 3.63) is 58.6 Å². The lowest BCUT2D eigenvalue weighted by Crippen LogP contribution is -2.31. The highest BCUT2D eigenvalue weighted by Gasteiger charge is 2.30. The third-order valence-electron chi connectivity index (χ3n) is 4.76. The van der Waals surface area contributed by atoms with Crippen LogP contribution in [0.2, 0.25) is 0 Å². The van der Waals surface area contributed by atoms with Gasteiger partial charge in [0.05, 0.1) is 36.1 Å². The van der Waals surface area contributed by atoms with Gasteiger partial charge in [0.2, 0.25) is 11.8 Å². The van der Waals surface area contributed by atoms with Gasteiger partial charge in [-0.25, -0.2) is 0 Å². The van der Waals surface area contributed by atoms with Gasteiger partial charge in [-0.3, -0.25) is 9.59 Å². The maximum Gasteiger partial charge on any atom is 0.234 e. The lowest BCUT2D eigenvalue weighted by molar-refractivity contribution is -0.121. The average molecular weight is 454 g/mol. The van der Waals surface area contributed by atoms with E-state index in [9.17, 15) is 20.0 Å². The molecular formula is C23H23N3O5S. The summed E-state index contributed by atoms with van der Waals surface area (Å²) in [7, 11) is 1.56. The van der Waals surface area contributed by atoms with Gasteiger partial charge in [-0.1, -0.05) is 17.8 Å². The molecule has 2 aromatic carbocycles. The molecule has 0 radical (unpaired) electrons. The first-order chi connectivity index (χ1) is 15.4. The van der Waals surface area contributed by atoms with Crippen LogP contribution in [0.1, 0.15) is 24.8 Å². The molecule has 1 aliphatic rings. The molecule has 3 rings (SSSR count). The van der Waals surface area contributed by atoms with Gasteiger partial charge < -0.3 is 25.2 Å². The fourth-order valence-electron chi connectivity index (χ4n) is 3.25. The van der Waals surface area contributed by atoms with Crippen molar-refractivity contribution in [2.45, 2.75) is 19.3 Å². The van der Waals surface area contributed by atoms with E-state index in [1.54, 1.807) is 50.4 Å². The minimum Gasteiger partial charge on any atom is -0.504 e. The molecule has 0 aromatic heterocycles. The molecule has 0 saturated carbocycles. The van der Waals surface area contributed by atoms with Crippen LogP contribution in [0, 0.1) is 11.3 Å². The van der Waals surface area contributed by atoms with E-state index in [0.29, 0.717) is 40.0 Å². The number of carbonyl (C=O) groups is 2. The number of nitriles is 1. The van der Waals surface area contributed by atoms with Gasteiger partial charge in [0.15, 0.2) is 11.5 Å². The molecule has 0 aliphatic carbocycles. The summed E-state index contributed by atoms with van der Waals surface area (Å²) in [5.74, 6) is -0.0500. The van der Waals surface area contributed by atoms with E-state index < -0.39 is 5.92 Å². The first-order valence-electron chi connectivity index (χ1n) is 9.91. The number of nitrogens with one attached hydrogen (secondary N) is 2. The minimum absolute atomic E-state index is 0.0110. The Morgan fingerprint density at radius 3 is 2.72 bits per heavy atom. The lowest BCUT2D eigenvalue weighted by atomic mass is 9.87. The monoisotopic (exact) mass is 453 g/mol. The summed E-state index contributed by atoms with van der Waals surface area (Å²) in [4.78, 5) is 24.7. The Balaban J connectivity index is 1.76. The Morgan fingerprint density at radius 1 is 1.31 bits per heavy atom. The number of benzene rings is 2. The number of thioether (sulfide) groups is 1. The quantitative estimate of drug-likeness (QED) is 0.559. The van der Waals surface area contributed by atoms with Gasteiger partial charge in [0.1, 0.15) is 5.75 Å². The van der Waals surface area contributed by atoms with Crippen LogP contribution in [-0.2, 0) is 9.59 Å². The van der Waals surface area contributed by atoms with Crippen LogP contribution < -0.4 is 20.1 Å². The number of phenolic OH excluding ortho intramolecular Hbond substituents is 1. The number of carbonyl (C=O) groups excluding carboxylic acids is 2. The second kappa shape index (κ2) is 10.6. The number of aromatic hydroxyl groups is 1.